The third-order valence-corrected chi connectivity index (χ3v) is 8.47. The van der Waals surface area contributed by atoms with Crippen molar-refractivity contribution in [2.24, 2.45) is 5.92 Å². The molecule has 0 bridgehead atoms. The summed E-state index contributed by atoms with van der Waals surface area (Å²) in [6.45, 7) is 0.966. The molecule has 1 amide bonds. The predicted octanol–water partition coefficient (Wildman–Crippen LogP) is 2.41. The number of fused-ring (bicyclic) bond motifs is 1. The summed E-state index contributed by atoms with van der Waals surface area (Å²) in [5, 5.41) is 2.72. The fraction of sp³-hybridized carbons (Fsp3) is 0.381. The molecule has 2 heterocycles. The van der Waals surface area contributed by atoms with Gasteiger partial charge in [-0.1, -0.05) is 0 Å². The third kappa shape index (κ3) is 5.52. The number of benzene rings is 2. The van der Waals surface area contributed by atoms with Gasteiger partial charge in [0, 0.05) is 30.3 Å². The van der Waals surface area contributed by atoms with E-state index in [1.165, 1.54) is 24.3 Å². The van der Waals surface area contributed by atoms with Crippen molar-refractivity contribution < 1.29 is 31.1 Å². The Morgan fingerprint density at radius 2 is 1.69 bits per heavy atom. The highest BCUT2D eigenvalue weighted by atomic mass is 32.2. The number of hydrogen-bond donors (Lipinski definition) is 2. The van der Waals surface area contributed by atoms with Gasteiger partial charge in [0.1, 0.15) is 0 Å². The highest BCUT2D eigenvalue weighted by molar-refractivity contribution is 7.92. The summed E-state index contributed by atoms with van der Waals surface area (Å²) in [5.74, 6) is 0.633. The second-order valence-electron chi connectivity index (χ2n) is 7.86. The molecule has 1 atom stereocenters. The van der Waals surface area contributed by atoms with Gasteiger partial charge >= 0.3 is 0 Å². The van der Waals surface area contributed by atoms with Gasteiger partial charge in [-0.05, 0) is 48.7 Å². The molecule has 4 rings (SSSR count). The van der Waals surface area contributed by atoms with Crippen molar-refractivity contribution in [2.75, 3.05) is 34.8 Å². The van der Waals surface area contributed by atoms with Crippen LogP contribution in [0, 0.1) is 5.92 Å². The summed E-state index contributed by atoms with van der Waals surface area (Å²) >= 11 is 0. The molecule has 11 heteroatoms. The quantitative estimate of drug-likeness (QED) is 0.650. The molecule has 9 nitrogen and oxygen atoms in total. The summed E-state index contributed by atoms with van der Waals surface area (Å²) < 4.78 is 62.1. The van der Waals surface area contributed by atoms with E-state index in [4.69, 9.17) is 9.47 Å². The molecule has 2 aliphatic rings. The first kappa shape index (κ1) is 22.4. The summed E-state index contributed by atoms with van der Waals surface area (Å²) in [4.78, 5) is 12.2. The first-order chi connectivity index (χ1) is 15.2. The summed E-state index contributed by atoms with van der Waals surface area (Å²) in [7, 11) is -6.88. The van der Waals surface area contributed by atoms with Crippen LogP contribution >= 0.6 is 0 Å². The number of ether oxygens (including phenoxy) is 2. The minimum absolute atomic E-state index is 0.0427. The highest BCUT2D eigenvalue weighted by Gasteiger charge is 2.29. The fourth-order valence-electron chi connectivity index (χ4n) is 3.65. The van der Waals surface area contributed by atoms with E-state index in [-0.39, 0.29) is 34.6 Å². The topological polar surface area (TPSA) is 128 Å². The van der Waals surface area contributed by atoms with Crippen LogP contribution < -0.4 is 19.5 Å². The average molecular weight is 481 g/mol. The first-order valence-corrected chi connectivity index (χ1v) is 13.5. The zero-order chi connectivity index (χ0) is 22.8. The Labute approximate surface area is 187 Å². The number of hydrogen-bond acceptors (Lipinski definition) is 7. The Hall–Kier alpha value is -2.79. The van der Waals surface area contributed by atoms with Gasteiger partial charge in [-0.2, -0.15) is 0 Å². The maximum atomic E-state index is 12.8. The monoisotopic (exact) mass is 480 g/mol. The molecule has 172 valence electrons. The van der Waals surface area contributed by atoms with Gasteiger partial charge in [0.2, 0.25) is 5.91 Å². The van der Waals surface area contributed by atoms with Gasteiger partial charge in [-0.3, -0.25) is 9.52 Å². The molecule has 0 radical (unpaired) electrons. The van der Waals surface area contributed by atoms with Crippen molar-refractivity contribution in [3.05, 3.63) is 42.5 Å². The molecule has 32 heavy (non-hydrogen) atoms. The zero-order valence-corrected chi connectivity index (χ0v) is 18.9. The van der Waals surface area contributed by atoms with Crippen molar-refractivity contribution in [1.29, 1.82) is 0 Å². The number of anilines is 2. The van der Waals surface area contributed by atoms with Gasteiger partial charge in [0.15, 0.2) is 21.3 Å². The maximum Gasteiger partial charge on any atom is 0.262 e. The lowest BCUT2D eigenvalue weighted by Gasteiger charge is -2.12. The number of nitrogens with one attached hydrogen (secondary N) is 2. The smallest absolute Gasteiger partial charge is 0.262 e. The van der Waals surface area contributed by atoms with Gasteiger partial charge in [0.05, 0.1) is 29.6 Å². The van der Waals surface area contributed by atoms with Gasteiger partial charge in [-0.25, -0.2) is 16.8 Å². The van der Waals surface area contributed by atoms with Crippen LogP contribution in [0.15, 0.2) is 47.4 Å². The Morgan fingerprint density at radius 1 is 1.00 bits per heavy atom. The van der Waals surface area contributed by atoms with Gasteiger partial charge in [-0.15, -0.1) is 0 Å². The molecule has 1 fully saturated rings. The van der Waals surface area contributed by atoms with Crippen LogP contribution in [0.2, 0.25) is 0 Å². The molecular formula is C21H24N2O7S2. The lowest BCUT2D eigenvalue weighted by molar-refractivity contribution is -0.116. The van der Waals surface area contributed by atoms with E-state index in [0.29, 0.717) is 42.5 Å². The molecule has 2 aromatic rings. The van der Waals surface area contributed by atoms with Crippen molar-refractivity contribution in [3.63, 3.8) is 0 Å². The molecule has 0 aliphatic carbocycles. The van der Waals surface area contributed by atoms with Gasteiger partial charge < -0.3 is 14.8 Å². The van der Waals surface area contributed by atoms with Crippen LogP contribution in [0.4, 0.5) is 11.4 Å². The molecule has 0 aromatic heterocycles. The van der Waals surface area contributed by atoms with Crippen LogP contribution in [0.5, 0.6) is 11.5 Å². The van der Waals surface area contributed by atoms with Crippen molar-refractivity contribution in [2.45, 2.75) is 24.2 Å². The van der Waals surface area contributed by atoms with Crippen molar-refractivity contribution in [3.8, 4) is 11.5 Å². The van der Waals surface area contributed by atoms with E-state index < -0.39 is 19.9 Å². The number of carbonyl (C=O) groups is 1. The van der Waals surface area contributed by atoms with E-state index in [1.54, 1.807) is 18.2 Å². The largest absolute Gasteiger partial charge is 0.490 e. The predicted molar refractivity (Wildman–Crippen MR) is 119 cm³/mol. The minimum Gasteiger partial charge on any atom is -0.490 e. The molecule has 1 saturated heterocycles. The van der Waals surface area contributed by atoms with E-state index in [2.05, 4.69) is 10.0 Å². The number of sulfonamides is 1. The van der Waals surface area contributed by atoms with Crippen molar-refractivity contribution in [1.82, 2.24) is 0 Å². The molecule has 2 N–H and O–H groups in total. The van der Waals surface area contributed by atoms with Crippen LogP contribution in [0.25, 0.3) is 0 Å². The summed E-state index contributed by atoms with van der Waals surface area (Å²) in [5.41, 5.74) is 0.825. The molecule has 0 spiro atoms. The number of amides is 1. The number of carbonyl (C=O) groups excluding carboxylic acids is 1. The average Bonchev–Trinajstić information content (AvgIpc) is 2.93. The van der Waals surface area contributed by atoms with E-state index in [9.17, 15) is 21.6 Å². The third-order valence-electron chi connectivity index (χ3n) is 5.25. The Balaban J connectivity index is 1.38. The SMILES string of the molecule is O=C(CC1CCS(=O)(=O)C1)Nc1ccc(NS(=O)(=O)c2ccc3c(c2)OCCCO3)cc1. The standard InChI is InChI=1S/C21H24N2O7S2/c24-21(12-15-8-11-31(25,26)14-15)22-16-2-4-17(5-3-16)23-32(27,28)18-6-7-19-20(13-18)30-10-1-9-29-19/h2-7,13,15,23H,1,8-12,14H2,(H,22,24). The molecule has 1 unspecified atom stereocenters. The normalized spacial score (nSPS) is 19.7. The zero-order valence-electron chi connectivity index (χ0n) is 17.2. The molecule has 2 aliphatic heterocycles. The molecule has 0 saturated carbocycles. The lowest BCUT2D eigenvalue weighted by atomic mass is 10.1. The number of rotatable bonds is 6. The summed E-state index contributed by atoms with van der Waals surface area (Å²) in [6.07, 6.45) is 1.35. The second-order valence-corrected chi connectivity index (χ2v) is 11.8. The van der Waals surface area contributed by atoms with Crippen molar-refractivity contribution >= 4 is 37.1 Å². The van der Waals surface area contributed by atoms with E-state index in [0.717, 1.165) is 6.42 Å². The van der Waals surface area contributed by atoms with E-state index in [1.807, 2.05) is 0 Å². The van der Waals surface area contributed by atoms with Crippen LogP contribution in [0.1, 0.15) is 19.3 Å². The van der Waals surface area contributed by atoms with E-state index >= 15 is 0 Å². The van der Waals surface area contributed by atoms with Gasteiger partial charge in [0.25, 0.3) is 10.0 Å². The highest BCUT2D eigenvalue weighted by Crippen LogP contribution is 2.32. The van der Waals surface area contributed by atoms with Crippen LogP contribution in [0.3, 0.4) is 0 Å². The lowest BCUT2D eigenvalue weighted by Crippen LogP contribution is -2.17. The second kappa shape index (κ2) is 8.99. The Morgan fingerprint density at radius 3 is 2.38 bits per heavy atom. The maximum absolute atomic E-state index is 12.8. The van der Waals surface area contributed by atoms with Crippen LogP contribution in [-0.2, 0) is 24.7 Å². The molecule has 2 aromatic carbocycles. The number of sulfone groups is 1. The molecular weight excluding hydrogens is 456 g/mol. The fourth-order valence-corrected chi connectivity index (χ4v) is 6.59. The minimum atomic E-state index is -3.85. The summed E-state index contributed by atoms with van der Waals surface area (Å²) in [6, 6.07) is 10.7. The Bertz CT molecular complexity index is 1210. The Kier molecular flexibility index (Phi) is 6.29. The van der Waals surface area contributed by atoms with Crippen LogP contribution in [-0.4, -0.2) is 47.5 Å². The first-order valence-electron chi connectivity index (χ1n) is 10.2.